The van der Waals surface area contributed by atoms with Crippen molar-refractivity contribution >= 4 is 12.0 Å². The third-order valence-corrected chi connectivity index (χ3v) is 3.91. The molecule has 0 aromatic heterocycles. The molecule has 5 nitrogen and oxygen atoms in total. The first-order valence-corrected chi connectivity index (χ1v) is 7.42. The van der Waals surface area contributed by atoms with Crippen molar-refractivity contribution in [1.29, 1.82) is 0 Å². The lowest BCUT2D eigenvalue weighted by molar-refractivity contribution is -0.143. The van der Waals surface area contributed by atoms with Crippen LogP contribution < -0.4 is 0 Å². The molecule has 1 saturated heterocycles. The van der Waals surface area contributed by atoms with E-state index >= 15 is 0 Å². The average Bonchev–Trinajstić information content (AvgIpc) is 2.53. The monoisotopic (exact) mass is 290 g/mol. The molecule has 0 radical (unpaired) electrons. The number of amides is 2. The van der Waals surface area contributed by atoms with Gasteiger partial charge in [0.2, 0.25) is 0 Å². The van der Waals surface area contributed by atoms with Gasteiger partial charge in [-0.2, -0.15) is 0 Å². The summed E-state index contributed by atoms with van der Waals surface area (Å²) < 4.78 is 0. The van der Waals surface area contributed by atoms with E-state index in [1.54, 1.807) is 9.80 Å². The molecule has 2 amide bonds. The zero-order chi connectivity index (χ0) is 15.2. The van der Waals surface area contributed by atoms with Crippen molar-refractivity contribution in [2.75, 3.05) is 19.6 Å². The first-order chi connectivity index (χ1) is 10.1. The third kappa shape index (κ3) is 3.97. The maximum Gasteiger partial charge on any atom is 0.320 e. The number of carboxylic acid groups (broad SMARTS) is 1. The Morgan fingerprint density at radius 2 is 2.05 bits per heavy atom. The zero-order valence-corrected chi connectivity index (χ0v) is 12.4. The second-order valence-corrected chi connectivity index (χ2v) is 5.41. The first-order valence-electron chi connectivity index (χ1n) is 7.42. The van der Waals surface area contributed by atoms with E-state index in [0.717, 1.165) is 12.0 Å². The summed E-state index contributed by atoms with van der Waals surface area (Å²) in [6.45, 7) is 4.08. The van der Waals surface area contributed by atoms with E-state index in [1.165, 1.54) is 0 Å². The number of carbonyl (C=O) groups is 2. The average molecular weight is 290 g/mol. The summed E-state index contributed by atoms with van der Waals surface area (Å²) in [5.74, 6) is -1.24. The number of hydrogen-bond donors (Lipinski definition) is 1. The van der Waals surface area contributed by atoms with Crippen LogP contribution in [0.4, 0.5) is 4.79 Å². The Bertz CT molecular complexity index is 490. The van der Waals surface area contributed by atoms with Crippen molar-refractivity contribution < 1.29 is 14.7 Å². The standard InChI is InChI=1S/C16H22N2O3/c1-2-17(11-13-7-4-3-5-8-13)16(21)18-10-6-9-14(12-18)15(19)20/h3-5,7-8,14H,2,6,9-12H2,1H3,(H,19,20). The van der Waals surface area contributed by atoms with Crippen LogP contribution >= 0.6 is 0 Å². The molecule has 1 unspecified atom stereocenters. The topological polar surface area (TPSA) is 60.9 Å². The molecule has 1 aliphatic heterocycles. The number of rotatable bonds is 4. The number of aliphatic carboxylic acids is 1. The molecule has 0 aliphatic carbocycles. The largest absolute Gasteiger partial charge is 0.481 e. The van der Waals surface area contributed by atoms with E-state index in [0.29, 0.717) is 32.6 Å². The summed E-state index contributed by atoms with van der Waals surface area (Å²) in [4.78, 5) is 27.1. The highest BCUT2D eigenvalue weighted by Gasteiger charge is 2.30. The van der Waals surface area contributed by atoms with Gasteiger partial charge in [-0.1, -0.05) is 30.3 Å². The summed E-state index contributed by atoms with van der Waals surface area (Å²) in [6, 6.07) is 9.78. The van der Waals surface area contributed by atoms with Gasteiger partial charge in [-0.3, -0.25) is 4.79 Å². The number of likely N-dealkylation sites (tertiary alicyclic amines) is 1. The zero-order valence-electron chi connectivity index (χ0n) is 12.4. The van der Waals surface area contributed by atoms with Gasteiger partial charge in [0.25, 0.3) is 0 Å². The lowest BCUT2D eigenvalue weighted by Gasteiger charge is -2.35. The molecule has 1 aromatic rings. The van der Waals surface area contributed by atoms with Crippen molar-refractivity contribution in [2.24, 2.45) is 5.92 Å². The maximum atomic E-state index is 12.6. The minimum Gasteiger partial charge on any atom is -0.481 e. The van der Waals surface area contributed by atoms with Crippen molar-refractivity contribution in [3.8, 4) is 0 Å². The Balaban J connectivity index is 2.00. The molecule has 21 heavy (non-hydrogen) atoms. The van der Waals surface area contributed by atoms with Crippen LogP contribution in [0.1, 0.15) is 25.3 Å². The fourth-order valence-corrected chi connectivity index (χ4v) is 2.67. The summed E-state index contributed by atoms with van der Waals surface area (Å²) in [5, 5.41) is 9.12. The number of piperidine rings is 1. The molecule has 114 valence electrons. The molecule has 0 bridgehead atoms. The van der Waals surface area contributed by atoms with Crippen molar-refractivity contribution in [2.45, 2.75) is 26.3 Å². The van der Waals surface area contributed by atoms with E-state index in [9.17, 15) is 9.59 Å². The first kappa shape index (κ1) is 15.4. The lowest BCUT2D eigenvalue weighted by atomic mass is 9.98. The Labute approximate surface area is 125 Å². The Morgan fingerprint density at radius 1 is 1.33 bits per heavy atom. The van der Waals surface area contributed by atoms with Gasteiger partial charge in [0.15, 0.2) is 0 Å². The molecule has 5 heteroatoms. The summed E-state index contributed by atoms with van der Waals surface area (Å²) in [7, 11) is 0. The fraction of sp³-hybridized carbons (Fsp3) is 0.500. The second kappa shape index (κ2) is 7.11. The number of carbonyl (C=O) groups excluding carboxylic acids is 1. The predicted octanol–water partition coefficient (Wildman–Crippen LogP) is 2.43. The molecule has 1 atom stereocenters. The molecular formula is C16H22N2O3. The van der Waals surface area contributed by atoms with Gasteiger partial charge >= 0.3 is 12.0 Å². The molecular weight excluding hydrogens is 268 g/mol. The quantitative estimate of drug-likeness (QED) is 0.926. The van der Waals surface area contributed by atoms with Crippen LogP contribution in [0.2, 0.25) is 0 Å². The van der Waals surface area contributed by atoms with Crippen LogP contribution in [0.3, 0.4) is 0 Å². The minimum absolute atomic E-state index is 0.0627. The number of hydrogen-bond acceptors (Lipinski definition) is 2. The molecule has 1 heterocycles. The minimum atomic E-state index is -0.807. The van der Waals surface area contributed by atoms with Crippen LogP contribution in [-0.4, -0.2) is 46.5 Å². The summed E-state index contributed by atoms with van der Waals surface area (Å²) in [5.41, 5.74) is 1.08. The molecule has 1 N–H and O–H groups in total. The van der Waals surface area contributed by atoms with Gasteiger partial charge in [-0.15, -0.1) is 0 Å². The van der Waals surface area contributed by atoms with E-state index in [-0.39, 0.29) is 6.03 Å². The van der Waals surface area contributed by atoms with Gasteiger partial charge in [0.05, 0.1) is 5.92 Å². The normalized spacial score (nSPS) is 18.3. The Morgan fingerprint density at radius 3 is 2.67 bits per heavy atom. The van der Waals surface area contributed by atoms with Gasteiger partial charge in [0.1, 0.15) is 0 Å². The lowest BCUT2D eigenvalue weighted by Crippen LogP contribution is -2.48. The van der Waals surface area contributed by atoms with Crippen LogP contribution in [0.15, 0.2) is 30.3 Å². The van der Waals surface area contributed by atoms with E-state index < -0.39 is 11.9 Å². The third-order valence-electron chi connectivity index (χ3n) is 3.91. The highest BCUT2D eigenvalue weighted by Crippen LogP contribution is 2.18. The van der Waals surface area contributed by atoms with Gasteiger partial charge in [-0.05, 0) is 25.3 Å². The summed E-state index contributed by atoms with van der Waals surface area (Å²) >= 11 is 0. The van der Waals surface area contributed by atoms with Gasteiger partial charge < -0.3 is 14.9 Å². The molecule has 0 spiro atoms. The van der Waals surface area contributed by atoms with E-state index in [1.807, 2.05) is 37.3 Å². The number of urea groups is 1. The molecule has 1 aromatic carbocycles. The predicted molar refractivity (Wildman–Crippen MR) is 79.9 cm³/mol. The highest BCUT2D eigenvalue weighted by atomic mass is 16.4. The summed E-state index contributed by atoms with van der Waals surface area (Å²) in [6.07, 6.45) is 1.41. The smallest absolute Gasteiger partial charge is 0.320 e. The molecule has 0 saturated carbocycles. The van der Waals surface area contributed by atoms with Crippen LogP contribution in [0.25, 0.3) is 0 Å². The number of benzene rings is 1. The van der Waals surface area contributed by atoms with Crippen molar-refractivity contribution in [3.63, 3.8) is 0 Å². The number of carboxylic acids is 1. The van der Waals surface area contributed by atoms with Crippen LogP contribution in [-0.2, 0) is 11.3 Å². The van der Waals surface area contributed by atoms with Crippen molar-refractivity contribution in [1.82, 2.24) is 9.80 Å². The number of nitrogens with zero attached hydrogens (tertiary/aromatic N) is 2. The van der Waals surface area contributed by atoms with Crippen LogP contribution in [0.5, 0.6) is 0 Å². The highest BCUT2D eigenvalue weighted by molar-refractivity contribution is 5.76. The van der Waals surface area contributed by atoms with Gasteiger partial charge in [-0.25, -0.2) is 4.79 Å². The van der Waals surface area contributed by atoms with E-state index in [2.05, 4.69) is 0 Å². The maximum absolute atomic E-state index is 12.6. The second-order valence-electron chi connectivity index (χ2n) is 5.41. The SMILES string of the molecule is CCN(Cc1ccccc1)C(=O)N1CCCC(C(=O)O)C1. The van der Waals surface area contributed by atoms with E-state index in [4.69, 9.17) is 5.11 Å². The van der Waals surface area contributed by atoms with Crippen LogP contribution in [0, 0.1) is 5.92 Å². The Hall–Kier alpha value is -2.04. The Kier molecular flexibility index (Phi) is 5.20. The molecule has 1 aliphatic rings. The van der Waals surface area contributed by atoms with Crippen molar-refractivity contribution in [3.05, 3.63) is 35.9 Å². The molecule has 1 fully saturated rings. The molecule has 2 rings (SSSR count). The fourth-order valence-electron chi connectivity index (χ4n) is 2.67. The van der Waals surface area contributed by atoms with Gasteiger partial charge in [0, 0.05) is 26.2 Å².